The molecule has 0 amide bonds. The van der Waals surface area contributed by atoms with E-state index >= 15 is 0 Å². The van der Waals surface area contributed by atoms with Crippen LogP contribution in [0, 0.1) is 0 Å². The molecule has 8 heteroatoms. The number of nitrogens with two attached hydrogens (primary N) is 1. The summed E-state index contributed by atoms with van der Waals surface area (Å²) in [6.45, 7) is 0.289. The van der Waals surface area contributed by atoms with Crippen molar-refractivity contribution in [1.29, 1.82) is 0 Å². The van der Waals surface area contributed by atoms with Gasteiger partial charge in [-0.3, -0.25) is 0 Å². The standard InChI is InChI=1S/C10H13ClN2O4S/c11-7-2-3-8(10(14)15)9(6-7)13-4-1-5-18(12,16)17/h2-3,6,13H,1,4-5H2,(H,14,15)(H2,12,16,17). The molecule has 0 aromatic heterocycles. The summed E-state index contributed by atoms with van der Waals surface area (Å²) in [7, 11) is -3.50. The lowest BCUT2D eigenvalue weighted by atomic mass is 10.2. The Labute approximate surface area is 110 Å². The summed E-state index contributed by atoms with van der Waals surface area (Å²) in [5, 5.41) is 17.0. The fourth-order valence-electron chi connectivity index (χ4n) is 1.35. The molecule has 0 fully saturated rings. The first kappa shape index (κ1) is 14.7. The average molecular weight is 293 g/mol. The number of halogens is 1. The Balaban J connectivity index is 2.66. The van der Waals surface area contributed by atoms with E-state index < -0.39 is 16.0 Å². The fourth-order valence-corrected chi connectivity index (χ4v) is 2.06. The van der Waals surface area contributed by atoms with Gasteiger partial charge < -0.3 is 10.4 Å². The predicted molar refractivity (Wildman–Crippen MR) is 69.5 cm³/mol. The molecule has 0 radical (unpaired) electrons. The van der Waals surface area contributed by atoms with Crippen LogP contribution < -0.4 is 10.5 Å². The summed E-state index contributed by atoms with van der Waals surface area (Å²) < 4.78 is 21.4. The number of aromatic carboxylic acids is 1. The van der Waals surface area contributed by atoms with E-state index in [-0.39, 0.29) is 24.3 Å². The van der Waals surface area contributed by atoms with Crippen LogP contribution in [0.1, 0.15) is 16.8 Å². The van der Waals surface area contributed by atoms with Gasteiger partial charge in [-0.1, -0.05) is 11.6 Å². The number of carboxylic acid groups (broad SMARTS) is 1. The summed E-state index contributed by atoms with van der Waals surface area (Å²) in [5.74, 6) is -1.25. The van der Waals surface area contributed by atoms with E-state index in [0.717, 1.165) is 0 Å². The van der Waals surface area contributed by atoms with E-state index in [2.05, 4.69) is 5.32 Å². The molecule has 6 nitrogen and oxygen atoms in total. The molecule has 0 heterocycles. The molecule has 1 rings (SSSR count). The summed E-state index contributed by atoms with van der Waals surface area (Å²) in [5.41, 5.74) is 0.430. The molecule has 0 bridgehead atoms. The van der Waals surface area contributed by atoms with Gasteiger partial charge in [0.1, 0.15) is 0 Å². The van der Waals surface area contributed by atoms with Crippen molar-refractivity contribution in [2.24, 2.45) is 5.14 Å². The second kappa shape index (κ2) is 6.03. The number of rotatable bonds is 6. The van der Waals surface area contributed by atoms with Crippen LogP contribution in [0.3, 0.4) is 0 Å². The first-order chi connectivity index (χ1) is 8.29. The van der Waals surface area contributed by atoms with Gasteiger partial charge in [0.15, 0.2) is 0 Å². The smallest absolute Gasteiger partial charge is 0.337 e. The average Bonchev–Trinajstić information content (AvgIpc) is 2.22. The largest absolute Gasteiger partial charge is 0.478 e. The second-order valence-corrected chi connectivity index (χ2v) is 5.81. The van der Waals surface area contributed by atoms with E-state index in [1.54, 1.807) is 0 Å². The Morgan fingerprint density at radius 2 is 2.11 bits per heavy atom. The third-order valence-corrected chi connectivity index (χ3v) is 3.23. The van der Waals surface area contributed by atoms with Crippen molar-refractivity contribution < 1.29 is 18.3 Å². The van der Waals surface area contributed by atoms with E-state index in [0.29, 0.717) is 10.7 Å². The van der Waals surface area contributed by atoms with Gasteiger partial charge >= 0.3 is 5.97 Å². The van der Waals surface area contributed by atoms with Crippen LogP contribution in [0.4, 0.5) is 5.69 Å². The number of primary sulfonamides is 1. The lowest BCUT2D eigenvalue weighted by Crippen LogP contribution is -2.19. The Morgan fingerprint density at radius 3 is 2.67 bits per heavy atom. The number of nitrogens with one attached hydrogen (secondary N) is 1. The minimum atomic E-state index is -3.50. The van der Waals surface area contributed by atoms with Crippen molar-refractivity contribution >= 4 is 33.3 Å². The van der Waals surface area contributed by atoms with Crippen molar-refractivity contribution in [2.45, 2.75) is 6.42 Å². The maximum Gasteiger partial charge on any atom is 0.337 e. The normalized spacial score (nSPS) is 11.2. The molecule has 100 valence electrons. The molecule has 0 saturated carbocycles. The molecule has 1 aromatic carbocycles. The molecule has 0 saturated heterocycles. The number of carboxylic acids is 1. The zero-order chi connectivity index (χ0) is 13.8. The zero-order valence-electron chi connectivity index (χ0n) is 9.39. The maximum atomic E-state index is 10.9. The molecule has 4 N–H and O–H groups in total. The Morgan fingerprint density at radius 1 is 1.44 bits per heavy atom. The van der Waals surface area contributed by atoms with Crippen LogP contribution in [0.25, 0.3) is 0 Å². The molecule has 0 atom stereocenters. The quantitative estimate of drug-likeness (QED) is 0.681. The van der Waals surface area contributed by atoms with Gasteiger partial charge in [0.05, 0.1) is 17.0 Å². The zero-order valence-corrected chi connectivity index (χ0v) is 11.0. The van der Waals surface area contributed by atoms with Gasteiger partial charge in [0, 0.05) is 11.6 Å². The Kier molecular flexibility index (Phi) is 4.94. The minimum Gasteiger partial charge on any atom is -0.478 e. The third-order valence-electron chi connectivity index (χ3n) is 2.13. The first-order valence-corrected chi connectivity index (χ1v) is 7.16. The molecule has 1 aromatic rings. The van der Waals surface area contributed by atoms with Crippen molar-refractivity contribution in [3.63, 3.8) is 0 Å². The number of carbonyl (C=O) groups is 1. The second-order valence-electron chi connectivity index (χ2n) is 3.64. The van der Waals surface area contributed by atoms with E-state index in [1.165, 1.54) is 18.2 Å². The molecule has 0 aliphatic carbocycles. The molecule has 0 spiro atoms. The number of hydrogen-bond donors (Lipinski definition) is 3. The first-order valence-electron chi connectivity index (χ1n) is 5.07. The van der Waals surface area contributed by atoms with Crippen LogP contribution in [0.2, 0.25) is 5.02 Å². The number of sulfonamides is 1. The topological polar surface area (TPSA) is 109 Å². The van der Waals surface area contributed by atoms with Gasteiger partial charge in [-0.05, 0) is 24.6 Å². The van der Waals surface area contributed by atoms with Gasteiger partial charge in [0.2, 0.25) is 10.0 Å². The van der Waals surface area contributed by atoms with E-state index in [9.17, 15) is 13.2 Å². The van der Waals surface area contributed by atoms with Crippen LogP contribution in [0.5, 0.6) is 0 Å². The van der Waals surface area contributed by atoms with Crippen molar-refractivity contribution in [3.05, 3.63) is 28.8 Å². The van der Waals surface area contributed by atoms with Crippen molar-refractivity contribution in [3.8, 4) is 0 Å². The van der Waals surface area contributed by atoms with Crippen LogP contribution in [-0.4, -0.2) is 31.8 Å². The predicted octanol–water partition coefficient (Wildman–Crippen LogP) is 1.13. The number of benzene rings is 1. The van der Waals surface area contributed by atoms with Crippen LogP contribution in [-0.2, 0) is 10.0 Å². The maximum absolute atomic E-state index is 10.9. The third kappa shape index (κ3) is 4.91. The molecule has 0 aliphatic rings. The Bertz CT molecular complexity index is 545. The lowest BCUT2D eigenvalue weighted by molar-refractivity contribution is 0.0698. The van der Waals surface area contributed by atoms with Crippen LogP contribution >= 0.6 is 11.6 Å². The number of anilines is 1. The highest BCUT2D eigenvalue weighted by Gasteiger charge is 2.10. The van der Waals surface area contributed by atoms with Crippen LogP contribution in [0.15, 0.2) is 18.2 Å². The van der Waals surface area contributed by atoms with E-state index in [4.69, 9.17) is 21.8 Å². The van der Waals surface area contributed by atoms with Crippen molar-refractivity contribution in [2.75, 3.05) is 17.6 Å². The molecular formula is C10H13ClN2O4S. The highest BCUT2D eigenvalue weighted by atomic mass is 35.5. The van der Waals surface area contributed by atoms with Gasteiger partial charge in [-0.15, -0.1) is 0 Å². The Hall–Kier alpha value is -1.31. The fraction of sp³-hybridized carbons (Fsp3) is 0.300. The van der Waals surface area contributed by atoms with Gasteiger partial charge in [0.25, 0.3) is 0 Å². The lowest BCUT2D eigenvalue weighted by Gasteiger charge is -2.09. The molecule has 18 heavy (non-hydrogen) atoms. The molecule has 0 unspecified atom stereocenters. The SMILES string of the molecule is NS(=O)(=O)CCCNc1cc(Cl)ccc1C(=O)O. The number of hydrogen-bond acceptors (Lipinski definition) is 4. The van der Waals surface area contributed by atoms with Gasteiger partial charge in [-0.2, -0.15) is 0 Å². The van der Waals surface area contributed by atoms with Gasteiger partial charge in [-0.25, -0.2) is 18.4 Å². The highest BCUT2D eigenvalue weighted by molar-refractivity contribution is 7.89. The highest BCUT2D eigenvalue weighted by Crippen LogP contribution is 2.21. The summed E-state index contributed by atoms with van der Waals surface area (Å²) >= 11 is 5.76. The molecular weight excluding hydrogens is 280 g/mol. The monoisotopic (exact) mass is 292 g/mol. The summed E-state index contributed by atoms with van der Waals surface area (Å²) in [6.07, 6.45) is 0.282. The minimum absolute atomic E-state index is 0.0787. The van der Waals surface area contributed by atoms with Crippen molar-refractivity contribution in [1.82, 2.24) is 0 Å². The van der Waals surface area contributed by atoms with E-state index in [1.807, 2.05) is 0 Å². The summed E-state index contributed by atoms with van der Waals surface area (Å²) in [4.78, 5) is 10.9. The summed E-state index contributed by atoms with van der Waals surface area (Å²) in [6, 6.07) is 4.33. The molecule has 0 aliphatic heterocycles.